The summed E-state index contributed by atoms with van der Waals surface area (Å²) in [5, 5.41) is 2.93. The van der Waals surface area contributed by atoms with Crippen molar-refractivity contribution in [2.24, 2.45) is 0 Å². The maximum absolute atomic E-state index is 12.9. The van der Waals surface area contributed by atoms with Crippen molar-refractivity contribution < 1.29 is 19.1 Å². The molecular formula is C23H28N2O4. The van der Waals surface area contributed by atoms with E-state index >= 15 is 0 Å². The van der Waals surface area contributed by atoms with Gasteiger partial charge in [-0.05, 0) is 42.4 Å². The minimum absolute atomic E-state index is 0.119. The molecule has 0 aromatic heterocycles. The molecule has 1 unspecified atom stereocenters. The minimum atomic E-state index is -0.218. The number of nitrogens with one attached hydrogen (secondary N) is 1. The maximum atomic E-state index is 12.9. The summed E-state index contributed by atoms with van der Waals surface area (Å²) in [6, 6.07) is 11.6. The number of hydrogen-bond donors (Lipinski definition) is 1. The van der Waals surface area contributed by atoms with Gasteiger partial charge in [0.2, 0.25) is 5.91 Å². The summed E-state index contributed by atoms with van der Waals surface area (Å²) >= 11 is 0. The molecule has 2 aromatic rings. The van der Waals surface area contributed by atoms with Crippen LogP contribution in [0.3, 0.4) is 0 Å². The van der Waals surface area contributed by atoms with E-state index in [-0.39, 0.29) is 17.7 Å². The molecule has 1 N–H and O–H groups in total. The van der Waals surface area contributed by atoms with Gasteiger partial charge in [-0.3, -0.25) is 9.59 Å². The van der Waals surface area contributed by atoms with Crippen molar-refractivity contribution >= 4 is 17.5 Å². The third-order valence-corrected chi connectivity index (χ3v) is 5.36. The number of fused-ring (bicyclic) bond motifs is 1. The van der Waals surface area contributed by atoms with Crippen LogP contribution in [0.4, 0.5) is 5.69 Å². The molecule has 2 amide bonds. The lowest BCUT2D eigenvalue weighted by Gasteiger charge is -2.25. The fourth-order valence-electron chi connectivity index (χ4n) is 3.89. The summed E-state index contributed by atoms with van der Waals surface area (Å²) in [5.41, 5.74) is 3.37. The molecule has 3 rings (SSSR count). The lowest BCUT2D eigenvalue weighted by molar-refractivity contribution is -0.116. The predicted octanol–water partition coefficient (Wildman–Crippen LogP) is 3.85. The van der Waals surface area contributed by atoms with Gasteiger partial charge in [0.15, 0.2) is 11.5 Å². The molecule has 1 aliphatic carbocycles. The van der Waals surface area contributed by atoms with Gasteiger partial charge < -0.3 is 19.7 Å². The van der Waals surface area contributed by atoms with Crippen molar-refractivity contribution in [1.29, 1.82) is 0 Å². The van der Waals surface area contributed by atoms with E-state index in [0.29, 0.717) is 29.2 Å². The van der Waals surface area contributed by atoms with Crippen molar-refractivity contribution in [1.82, 2.24) is 4.90 Å². The zero-order chi connectivity index (χ0) is 21.0. The van der Waals surface area contributed by atoms with Crippen LogP contribution >= 0.6 is 0 Å². The molecule has 0 bridgehead atoms. The number of aryl methyl sites for hydroxylation is 1. The molecule has 2 aromatic carbocycles. The first-order chi connectivity index (χ1) is 13.9. The molecular weight excluding hydrogens is 368 g/mol. The van der Waals surface area contributed by atoms with Crippen LogP contribution in [0.15, 0.2) is 36.4 Å². The molecule has 0 aliphatic heterocycles. The Labute approximate surface area is 171 Å². The molecule has 1 atom stereocenters. The van der Waals surface area contributed by atoms with E-state index in [2.05, 4.69) is 17.4 Å². The van der Waals surface area contributed by atoms with Gasteiger partial charge in [-0.25, -0.2) is 0 Å². The van der Waals surface area contributed by atoms with Crippen LogP contribution in [-0.4, -0.2) is 45.0 Å². The monoisotopic (exact) mass is 396 g/mol. The van der Waals surface area contributed by atoms with Gasteiger partial charge in [0.05, 0.1) is 25.5 Å². The van der Waals surface area contributed by atoms with Gasteiger partial charge in [0, 0.05) is 26.6 Å². The van der Waals surface area contributed by atoms with E-state index in [1.54, 1.807) is 26.2 Å². The highest BCUT2D eigenvalue weighted by Gasteiger charge is 2.24. The van der Waals surface area contributed by atoms with E-state index in [1.165, 1.54) is 30.2 Å². The Kier molecular flexibility index (Phi) is 6.42. The Morgan fingerprint density at radius 1 is 1.10 bits per heavy atom. The highest BCUT2D eigenvalue weighted by molar-refractivity contribution is 6.04. The molecule has 154 valence electrons. The second-order valence-corrected chi connectivity index (χ2v) is 7.49. The summed E-state index contributed by atoms with van der Waals surface area (Å²) in [4.78, 5) is 27.0. The molecule has 0 spiro atoms. The van der Waals surface area contributed by atoms with Crippen molar-refractivity contribution in [2.45, 2.75) is 31.6 Å². The second kappa shape index (κ2) is 8.99. The van der Waals surface area contributed by atoms with Crippen LogP contribution in [0.2, 0.25) is 0 Å². The van der Waals surface area contributed by atoms with Crippen LogP contribution in [0, 0.1) is 0 Å². The predicted molar refractivity (Wildman–Crippen MR) is 113 cm³/mol. The van der Waals surface area contributed by atoms with Gasteiger partial charge >= 0.3 is 0 Å². The van der Waals surface area contributed by atoms with Crippen LogP contribution in [0.5, 0.6) is 11.5 Å². The molecule has 29 heavy (non-hydrogen) atoms. The third kappa shape index (κ3) is 4.53. The van der Waals surface area contributed by atoms with Crippen molar-refractivity contribution in [2.75, 3.05) is 33.6 Å². The number of anilines is 1. The van der Waals surface area contributed by atoms with E-state index < -0.39 is 0 Å². The number of carbonyl (C=O) groups excluding carboxylic acids is 2. The smallest absolute Gasteiger partial charge is 0.255 e. The van der Waals surface area contributed by atoms with Crippen LogP contribution in [0.1, 0.15) is 46.7 Å². The summed E-state index contributed by atoms with van der Waals surface area (Å²) in [5.74, 6) is 0.752. The number of hydrogen-bond acceptors (Lipinski definition) is 4. The Balaban J connectivity index is 1.85. The van der Waals surface area contributed by atoms with Crippen molar-refractivity contribution in [3.8, 4) is 11.5 Å². The zero-order valence-corrected chi connectivity index (χ0v) is 17.5. The fraction of sp³-hybridized carbons (Fsp3) is 0.391. The molecule has 0 heterocycles. The molecule has 6 nitrogen and oxygen atoms in total. The number of amides is 2. The molecule has 0 fully saturated rings. The Morgan fingerprint density at radius 3 is 2.48 bits per heavy atom. The van der Waals surface area contributed by atoms with E-state index in [1.807, 2.05) is 12.1 Å². The zero-order valence-electron chi connectivity index (χ0n) is 17.5. The average molecular weight is 396 g/mol. The molecule has 0 radical (unpaired) electrons. The number of ether oxygens (including phenoxy) is 2. The van der Waals surface area contributed by atoms with Gasteiger partial charge in [0.1, 0.15) is 0 Å². The lowest BCUT2D eigenvalue weighted by Crippen LogP contribution is -2.25. The first kappa shape index (κ1) is 20.7. The standard InChI is InChI=1S/C23H28N2O4/c1-25(2)23(27)18-13-20(28-3)21(29-4)14-19(18)24-22(26)12-16-10-7-9-15-8-5-6-11-17(15)16/h5-6,8,11,13-14,16H,7,9-10,12H2,1-4H3,(H,24,26). The van der Waals surface area contributed by atoms with E-state index in [9.17, 15) is 9.59 Å². The molecule has 6 heteroatoms. The number of carbonyl (C=O) groups is 2. The molecule has 0 saturated carbocycles. The number of rotatable bonds is 6. The van der Waals surface area contributed by atoms with Crippen LogP contribution < -0.4 is 14.8 Å². The van der Waals surface area contributed by atoms with Gasteiger partial charge in [-0.1, -0.05) is 24.3 Å². The number of methoxy groups -OCH3 is 2. The topological polar surface area (TPSA) is 67.9 Å². The minimum Gasteiger partial charge on any atom is -0.493 e. The largest absolute Gasteiger partial charge is 0.493 e. The Bertz CT molecular complexity index is 908. The maximum Gasteiger partial charge on any atom is 0.255 e. The van der Waals surface area contributed by atoms with Gasteiger partial charge in [-0.15, -0.1) is 0 Å². The lowest BCUT2D eigenvalue weighted by atomic mass is 9.81. The van der Waals surface area contributed by atoms with E-state index in [0.717, 1.165) is 19.3 Å². The molecule has 0 saturated heterocycles. The molecule has 1 aliphatic rings. The fourth-order valence-corrected chi connectivity index (χ4v) is 3.89. The van der Waals surface area contributed by atoms with Crippen molar-refractivity contribution in [3.05, 3.63) is 53.1 Å². The SMILES string of the molecule is COc1cc(NC(=O)CC2CCCc3ccccc32)c(C(=O)N(C)C)cc1OC. The first-order valence-corrected chi connectivity index (χ1v) is 9.80. The second-order valence-electron chi connectivity index (χ2n) is 7.49. The average Bonchev–Trinajstić information content (AvgIpc) is 2.73. The summed E-state index contributed by atoms with van der Waals surface area (Å²) < 4.78 is 10.7. The summed E-state index contributed by atoms with van der Waals surface area (Å²) in [6.45, 7) is 0. The quantitative estimate of drug-likeness (QED) is 0.805. The number of benzene rings is 2. The normalized spacial score (nSPS) is 15.2. The van der Waals surface area contributed by atoms with Gasteiger partial charge in [0.25, 0.3) is 5.91 Å². The highest BCUT2D eigenvalue weighted by atomic mass is 16.5. The van der Waals surface area contributed by atoms with Crippen LogP contribution in [-0.2, 0) is 11.2 Å². The van der Waals surface area contributed by atoms with Crippen LogP contribution in [0.25, 0.3) is 0 Å². The van der Waals surface area contributed by atoms with Gasteiger partial charge in [-0.2, -0.15) is 0 Å². The summed E-state index contributed by atoms with van der Waals surface area (Å²) in [6.07, 6.45) is 3.50. The Morgan fingerprint density at radius 2 is 1.79 bits per heavy atom. The Hall–Kier alpha value is -3.02. The number of nitrogens with zero attached hydrogens (tertiary/aromatic N) is 1. The van der Waals surface area contributed by atoms with E-state index in [4.69, 9.17) is 9.47 Å². The summed E-state index contributed by atoms with van der Waals surface area (Å²) in [7, 11) is 6.38. The third-order valence-electron chi connectivity index (χ3n) is 5.36. The highest BCUT2D eigenvalue weighted by Crippen LogP contribution is 2.36. The first-order valence-electron chi connectivity index (χ1n) is 9.80. The van der Waals surface area contributed by atoms with Crippen molar-refractivity contribution in [3.63, 3.8) is 0 Å².